The standard InChI is InChI=1S/C25H27N5O3S/c1-25(2,33)16-12-18(21(32)20(16)31)28-22-15(23-29-17-10-6-7-11-19(17)34-23)13-26-24(30-22)27-14-8-4-3-5-9-14/h3-11,13,16,18,20-21,31-33H,12H2,1-2H3,(H2,26,27,28,30). The molecule has 34 heavy (non-hydrogen) atoms. The molecule has 4 atom stereocenters. The second-order valence-electron chi connectivity index (χ2n) is 9.16. The Bertz CT molecular complexity index is 1260. The van der Waals surface area contributed by atoms with Crippen LogP contribution in [0.4, 0.5) is 17.5 Å². The minimum Gasteiger partial charge on any atom is -0.390 e. The molecule has 5 rings (SSSR count). The number of thiazole rings is 1. The first-order chi connectivity index (χ1) is 16.3. The van der Waals surface area contributed by atoms with E-state index in [0.29, 0.717) is 23.8 Å². The molecule has 0 radical (unpaired) electrons. The fourth-order valence-corrected chi connectivity index (χ4v) is 5.38. The number of rotatable bonds is 6. The lowest BCUT2D eigenvalue weighted by Gasteiger charge is -2.28. The van der Waals surface area contributed by atoms with Crippen molar-refractivity contribution in [3.05, 3.63) is 60.8 Å². The summed E-state index contributed by atoms with van der Waals surface area (Å²) in [7, 11) is 0. The number of aromatic nitrogens is 3. The highest BCUT2D eigenvalue weighted by Gasteiger charge is 2.47. The molecule has 1 saturated carbocycles. The molecule has 4 unspecified atom stereocenters. The van der Waals surface area contributed by atoms with E-state index in [4.69, 9.17) is 9.97 Å². The molecule has 0 bridgehead atoms. The minimum absolute atomic E-state index is 0.385. The predicted octanol–water partition coefficient (Wildman–Crippen LogP) is 3.79. The molecule has 4 aromatic rings. The van der Waals surface area contributed by atoms with Gasteiger partial charge < -0.3 is 26.0 Å². The fraction of sp³-hybridized carbons (Fsp3) is 0.320. The SMILES string of the molecule is CC(C)(O)C1CC(Nc2nc(Nc3ccccc3)ncc2-c2nc3ccccc3s2)C(O)C1O. The Morgan fingerprint density at radius 1 is 0.971 bits per heavy atom. The second-order valence-corrected chi connectivity index (χ2v) is 10.2. The van der Waals surface area contributed by atoms with Gasteiger partial charge in [-0.25, -0.2) is 9.97 Å². The number of aliphatic hydroxyl groups excluding tert-OH is 2. The Labute approximate surface area is 201 Å². The van der Waals surface area contributed by atoms with Crippen molar-refractivity contribution in [2.75, 3.05) is 10.6 Å². The molecule has 2 aromatic heterocycles. The first-order valence-electron chi connectivity index (χ1n) is 11.2. The van der Waals surface area contributed by atoms with Crippen LogP contribution in [0.1, 0.15) is 20.3 Å². The van der Waals surface area contributed by atoms with E-state index in [9.17, 15) is 15.3 Å². The second kappa shape index (κ2) is 8.92. The van der Waals surface area contributed by atoms with Gasteiger partial charge in [0.25, 0.3) is 0 Å². The summed E-state index contributed by atoms with van der Waals surface area (Å²) in [6.45, 7) is 3.30. The van der Waals surface area contributed by atoms with Crippen molar-refractivity contribution in [2.45, 2.75) is 44.1 Å². The highest BCUT2D eigenvalue weighted by Crippen LogP contribution is 2.39. The highest BCUT2D eigenvalue weighted by atomic mass is 32.1. The molecule has 0 saturated heterocycles. The van der Waals surface area contributed by atoms with Crippen LogP contribution in [0.5, 0.6) is 0 Å². The first kappa shape index (κ1) is 22.7. The van der Waals surface area contributed by atoms with Gasteiger partial charge in [-0.15, -0.1) is 11.3 Å². The molecule has 0 spiro atoms. The molecule has 2 heterocycles. The van der Waals surface area contributed by atoms with E-state index >= 15 is 0 Å². The van der Waals surface area contributed by atoms with Crippen molar-refractivity contribution in [1.29, 1.82) is 0 Å². The first-order valence-corrected chi connectivity index (χ1v) is 12.0. The van der Waals surface area contributed by atoms with Crippen molar-refractivity contribution in [1.82, 2.24) is 15.0 Å². The van der Waals surface area contributed by atoms with Crippen molar-refractivity contribution in [2.24, 2.45) is 5.92 Å². The molecule has 1 fully saturated rings. The molecular formula is C25H27N5O3S. The normalized spacial score (nSPS) is 22.7. The Kier molecular flexibility index (Phi) is 5.95. The summed E-state index contributed by atoms with van der Waals surface area (Å²) in [4.78, 5) is 13.9. The van der Waals surface area contributed by atoms with E-state index in [1.165, 1.54) is 11.3 Å². The van der Waals surface area contributed by atoms with Gasteiger partial charge >= 0.3 is 0 Å². The van der Waals surface area contributed by atoms with E-state index in [-0.39, 0.29) is 0 Å². The Hall–Kier alpha value is -3.11. The zero-order valence-electron chi connectivity index (χ0n) is 18.9. The molecule has 176 valence electrons. The highest BCUT2D eigenvalue weighted by molar-refractivity contribution is 7.21. The quantitative estimate of drug-likeness (QED) is 0.284. The van der Waals surface area contributed by atoms with Crippen molar-refractivity contribution < 1.29 is 15.3 Å². The number of nitrogens with one attached hydrogen (secondary N) is 2. The summed E-state index contributed by atoms with van der Waals surface area (Å²) in [6.07, 6.45) is -0.00703. The summed E-state index contributed by atoms with van der Waals surface area (Å²) in [5.74, 6) is 0.417. The number of nitrogens with zero attached hydrogens (tertiary/aromatic N) is 3. The van der Waals surface area contributed by atoms with E-state index in [1.807, 2.05) is 54.6 Å². The van der Waals surface area contributed by atoms with Gasteiger partial charge in [0.05, 0.1) is 33.5 Å². The van der Waals surface area contributed by atoms with Crippen LogP contribution in [0.2, 0.25) is 0 Å². The lowest BCUT2D eigenvalue weighted by Crippen LogP contribution is -2.40. The molecule has 8 nitrogen and oxygen atoms in total. The van der Waals surface area contributed by atoms with E-state index in [1.54, 1.807) is 20.0 Å². The summed E-state index contributed by atoms with van der Waals surface area (Å²) >= 11 is 1.54. The maximum atomic E-state index is 10.7. The fourth-order valence-electron chi connectivity index (χ4n) is 4.40. The van der Waals surface area contributed by atoms with Crippen LogP contribution in [0.25, 0.3) is 20.8 Å². The molecule has 1 aliphatic rings. The summed E-state index contributed by atoms with van der Waals surface area (Å²) in [6, 6.07) is 17.0. The number of fused-ring (bicyclic) bond motifs is 1. The average molecular weight is 478 g/mol. The summed E-state index contributed by atoms with van der Waals surface area (Å²) in [5, 5.41) is 39.0. The smallest absolute Gasteiger partial charge is 0.229 e. The van der Waals surface area contributed by atoms with Crippen LogP contribution < -0.4 is 10.6 Å². The Balaban J connectivity index is 1.51. The van der Waals surface area contributed by atoms with Crippen molar-refractivity contribution >= 4 is 39.0 Å². The lowest BCUT2D eigenvalue weighted by molar-refractivity contribution is -0.0601. The molecule has 0 aliphatic heterocycles. The van der Waals surface area contributed by atoms with Crippen molar-refractivity contribution in [3.8, 4) is 10.6 Å². The van der Waals surface area contributed by atoms with Gasteiger partial charge in [0.1, 0.15) is 16.9 Å². The van der Waals surface area contributed by atoms with Gasteiger partial charge in [-0.05, 0) is 44.5 Å². The minimum atomic E-state index is -1.13. The van der Waals surface area contributed by atoms with Gasteiger partial charge in [0, 0.05) is 17.8 Å². The lowest BCUT2D eigenvalue weighted by atomic mass is 9.88. The predicted molar refractivity (Wildman–Crippen MR) is 134 cm³/mol. The van der Waals surface area contributed by atoms with Gasteiger partial charge in [-0.3, -0.25) is 0 Å². The van der Waals surface area contributed by atoms with Gasteiger partial charge in [-0.2, -0.15) is 4.98 Å². The molecule has 2 aromatic carbocycles. The average Bonchev–Trinajstić information content (AvgIpc) is 3.36. The number of hydrogen-bond donors (Lipinski definition) is 5. The zero-order valence-corrected chi connectivity index (χ0v) is 19.7. The van der Waals surface area contributed by atoms with E-state index in [0.717, 1.165) is 20.9 Å². The number of hydrogen-bond acceptors (Lipinski definition) is 9. The number of aliphatic hydroxyl groups is 3. The Morgan fingerprint density at radius 3 is 2.41 bits per heavy atom. The van der Waals surface area contributed by atoms with Crippen LogP contribution in [0.15, 0.2) is 60.8 Å². The largest absolute Gasteiger partial charge is 0.390 e. The third kappa shape index (κ3) is 4.47. The molecular weight excluding hydrogens is 450 g/mol. The summed E-state index contributed by atoms with van der Waals surface area (Å²) in [5.41, 5.74) is 1.31. The third-order valence-corrected chi connectivity index (χ3v) is 7.32. The zero-order chi connectivity index (χ0) is 23.9. The van der Waals surface area contributed by atoms with Gasteiger partial charge in [0.2, 0.25) is 5.95 Å². The molecule has 0 amide bonds. The van der Waals surface area contributed by atoms with Crippen LogP contribution in [-0.2, 0) is 0 Å². The number of anilines is 3. The molecule has 9 heteroatoms. The third-order valence-electron chi connectivity index (χ3n) is 6.25. The Morgan fingerprint density at radius 2 is 1.71 bits per heavy atom. The van der Waals surface area contributed by atoms with E-state index in [2.05, 4.69) is 15.6 Å². The van der Waals surface area contributed by atoms with Crippen LogP contribution >= 0.6 is 11.3 Å². The summed E-state index contributed by atoms with van der Waals surface area (Å²) < 4.78 is 1.05. The van der Waals surface area contributed by atoms with Gasteiger partial charge in [0.15, 0.2) is 0 Å². The van der Waals surface area contributed by atoms with Crippen LogP contribution in [-0.4, -0.2) is 54.1 Å². The number of benzene rings is 2. The number of para-hydroxylation sites is 2. The molecule has 5 N–H and O–H groups in total. The topological polar surface area (TPSA) is 123 Å². The maximum absolute atomic E-state index is 10.7. The van der Waals surface area contributed by atoms with Crippen molar-refractivity contribution in [3.63, 3.8) is 0 Å². The van der Waals surface area contributed by atoms with Crippen LogP contribution in [0, 0.1) is 5.92 Å². The van der Waals surface area contributed by atoms with E-state index < -0.39 is 29.8 Å². The molecule has 1 aliphatic carbocycles. The maximum Gasteiger partial charge on any atom is 0.229 e. The van der Waals surface area contributed by atoms with Crippen LogP contribution in [0.3, 0.4) is 0 Å². The monoisotopic (exact) mass is 477 g/mol. The van der Waals surface area contributed by atoms with Gasteiger partial charge in [-0.1, -0.05) is 30.3 Å².